The van der Waals surface area contributed by atoms with E-state index >= 15 is 0 Å². The third-order valence-corrected chi connectivity index (χ3v) is 3.15. The molecule has 1 N–H and O–H groups in total. The molecule has 1 aliphatic rings. The summed E-state index contributed by atoms with van der Waals surface area (Å²) in [5.41, 5.74) is 1.45. The van der Waals surface area contributed by atoms with Crippen LogP contribution in [-0.4, -0.2) is 41.6 Å². The Morgan fingerprint density at radius 1 is 1.56 bits per heavy atom. The molecule has 18 heavy (non-hydrogen) atoms. The van der Waals surface area contributed by atoms with Gasteiger partial charge in [0.1, 0.15) is 12.4 Å². The molecule has 0 spiro atoms. The molecule has 0 aliphatic carbocycles. The molecule has 0 fully saturated rings. The minimum Gasteiger partial charge on any atom is -0.490 e. The van der Waals surface area contributed by atoms with Gasteiger partial charge < -0.3 is 14.7 Å². The second-order valence-corrected chi connectivity index (χ2v) is 4.27. The second kappa shape index (κ2) is 4.68. The number of amides is 1. The highest BCUT2D eigenvalue weighted by Crippen LogP contribution is 2.25. The van der Waals surface area contributed by atoms with E-state index in [0.29, 0.717) is 11.3 Å². The van der Waals surface area contributed by atoms with Gasteiger partial charge in [-0.3, -0.25) is 4.79 Å². The molecule has 2 rings (SSSR count). The van der Waals surface area contributed by atoms with Gasteiger partial charge in [-0.15, -0.1) is 0 Å². The molecule has 1 heterocycles. The zero-order valence-electron chi connectivity index (χ0n) is 10.3. The average Bonchev–Trinajstić information content (AvgIpc) is 2.48. The average molecular weight is 249 g/mol. The molecule has 0 saturated carbocycles. The second-order valence-electron chi connectivity index (χ2n) is 4.27. The summed E-state index contributed by atoms with van der Waals surface area (Å²) in [4.78, 5) is 24.5. The normalized spacial score (nSPS) is 18.9. The molecule has 0 saturated heterocycles. The monoisotopic (exact) mass is 249 g/mol. The lowest BCUT2D eigenvalue weighted by Crippen LogP contribution is -2.44. The van der Waals surface area contributed by atoms with Crippen LogP contribution >= 0.6 is 0 Å². The van der Waals surface area contributed by atoms with Gasteiger partial charge in [0.15, 0.2) is 6.04 Å². The van der Waals surface area contributed by atoms with Gasteiger partial charge in [0.2, 0.25) is 0 Å². The largest absolute Gasteiger partial charge is 0.490 e. The van der Waals surface area contributed by atoms with Crippen LogP contribution in [0.3, 0.4) is 0 Å². The van der Waals surface area contributed by atoms with Crippen LogP contribution in [-0.2, 0) is 11.2 Å². The third kappa shape index (κ3) is 2.03. The van der Waals surface area contributed by atoms with E-state index in [1.807, 2.05) is 13.0 Å². The Bertz CT molecular complexity index is 498. The van der Waals surface area contributed by atoms with Crippen molar-refractivity contribution in [2.45, 2.75) is 19.4 Å². The summed E-state index contributed by atoms with van der Waals surface area (Å²) in [5, 5.41) is 9.06. The Balaban J connectivity index is 2.43. The number of aliphatic carboxylic acids is 1. The maximum atomic E-state index is 12.2. The van der Waals surface area contributed by atoms with Crippen molar-refractivity contribution >= 4 is 11.9 Å². The van der Waals surface area contributed by atoms with Gasteiger partial charge in [-0.05, 0) is 24.1 Å². The quantitative estimate of drug-likeness (QED) is 0.854. The first-order chi connectivity index (χ1) is 8.54. The standard InChI is InChI=1S/C13H15NO4/c1-3-8-4-5-11-9(6-8)12(15)14(2)10(7-18-11)13(16)17/h4-6,10H,3,7H2,1-2H3,(H,16,17). The Labute approximate surface area is 105 Å². The van der Waals surface area contributed by atoms with Gasteiger partial charge in [-0.2, -0.15) is 0 Å². The molecule has 5 nitrogen and oxygen atoms in total. The van der Waals surface area contributed by atoms with Crippen LogP contribution in [0.4, 0.5) is 0 Å². The van der Waals surface area contributed by atoms with Gasteiger partial charge in [0, 0.05) is 7.05 Å². The Morgan fingerprint density at radius 2 is 2.28 bits per heavy atom. The molecular formula is C13H15NO4. The molecule has 1 aliphatic heterocycles. The number of carboxylic acids is 1. The summed E-state index contributed by atoms with van der Waals surface area (Å²) in [6.45, 7) is 1.96. The summed E-state index contributed by atoms with van der Waals surface area (Å²) in [7, 11) is 1.48. The topological polar surface area (TPSA) is 66.8 Å². The van der Waals surface area contributed by atoms with E-state index in [1.54, 1.807) is 12.1 Å². The number of carbonyl (C=O) groups excluding carboxylic acids is 1. The predicted molar refractivity (Wildman–Crippen MR) is 64.8 cm³/mol. The molecule has 1 unspecified atom stereocenters. The number of hydrogen-bond donors (Lipinski definition) is 1. The third-order valence-electron chi connectivity index (χ3n) is 3.15. The minimum absolute atomic E-state index is 0.0317. The van der Waals surface area contributed by atoms with Crippen molar-refractivity contribution in [2.75, 3.05) is 13.7 Å². The number of ether oxygens (including phenoxy) is 1. The molecule has 1 aromatic carbocycles. The maximum Gasteiger partial charge on any atom is 0.330 e. The van der Waals surface area contributed by atoms with Crippen LogP contribution in [0, 0.1) is 0 Å². The minimum atomic E-state index is -1.06. The van der Waals surface area contributed by atoms with Crippen LogP contribution in [0.15, 0.2) is 18.2 Å². The highest BCUT2D eigenvalue weighted by atomic mass is 16.5. The van der Waals surface area contributed by atoms with Crippen LogP contribution in [0.1, 0.15) is 22.8 Å². The molecule has 5 heteroatoms. The van der Waals surface area contributed by atoms with Crippen LogP contribution in [0.25, 0.3) is 0 Å². The van der Waals surface area contributed by atoms with Crippen molar-refractivity contribution < 1.29 is 19.4 Å². The van der Waals surface area contributed by atoms with Gasteiger partial charge in [0.25, 0.3) is 5.91 Å². The molecule has 0 radical (unpaired) electrons. The number of fused-ring (bicyclic) bond motifs is 1. The van der Waals surface area contributed by atoms with E-state index in [1.165, 1.54) is 11.9 Å². The first-order valence-electron chi connectivity index (χ1n) is 5.80. The molecule has 1 amide bonds. The highest BCUT2D eigenvalue weighted by Gasteiger charge is 2.32. The van der Waals surface area contributed by atoms with Gasteiger partial charge >= 0.3 is 5.97 Å². The molecule has 1 atom stereocenters. The van der Waals surface area contributed by atoms with Crippen molar-refractivity contribution in [3.63, 3.8) is 0 Å². The number of hydrogen-bond acceptors (Lipinski definition) is 3. The maximum absolute atomic E-state index is 12.2. The lowest BCUT2D eigenvalue weighted by molar-refractivity contribution is -0.142. The predicted octanol–water partition coefficient (Wildman–Crippen LogP) is 1.17. The summed E-state index contributed by atoms with van der Waals surface area (Å²) < 4.78 is 5.42. The molecule has 1 aromatic rings. The van der Waals surface area contributed by atoms with Gasteiger partial charge in [0.05, 0.1) is 5.56 Å². The van der Waals surface area contributed by atoms with E-state index in [0.717, 1.165) is 12.0 Å². The van der Waals surface area contributed by atoms with Crippen LogP contribution < -0.4 is 4.74 Å². The van der Waals surface area contributed by atoms with Crippen LogP contribution in [0.2, 0.25) is 0 Å². The van der Waals surface area contributed by atoms with E-state index in [2.05, 4.69) is 0 Å². The van der Waals surface area contributed by atoms with Crippen molar-refractivity contribution in [3.05, 3.63) is 29.3 Å². The fraction of sp³-hybridized carbons (Fsp3) is 0.385. The summed E-state index contributed by atoms with van der Waals surface area (Å²) >= 11 is 0. The smallest absolute Gasteiger partial charge is 0.330 e. The SMILES string of the molecule is CCc1ccc2c(c1)C(=O)N(C)C(C(=O)O)CO2. The van der Waals surface area contributed by atoms with Crippen LogP contribution in [0.5, 0.6) is 5.75 Å². The number of rotatable bonds is 2. The summed E-state index contributed by atoms with van der Waals surface area (Å²) in [5.74, 6) is -0.924. The van der Waals surface area contributed by atoms with Crippen molar-refractivity contribution in [1.29, 1.82) is 0 Å². The molecular weight excluding hydrogens is 234 g/mol. The molecule has 96 valence electrons. The Hall–Kier alpha value is -2.04. The number of aryl methyl sites for hydroxylation is 1. The van der Waals surface area contributed by atoms with E-state index < -0.39 is 12.0 Å². The number of nitrogens with zero attached hydrogens (tertiary/aromatic N) is 1. The van der Waals surface area contributed by atoms with E-state index in [9.17, 15) is 9.59 Å². The Kier molecular flexibility index (Phi) is 3.23. The van der Waals surface area contributed by atoms with Gasteiger partial charge in [-0.25, -0.2) is 4.79 Å². The van der Waals surface area contributed by atoms with Crippen molar-refractivity contribution in [2.24, 2.45) is 0 Å². The van der Waals surface area contributed by atoms with Crippen molar-refractivity contribution in [3.8, 4) is 5.75 Å². The Morgan fingerprint density at radius 3 is 2.89 bits per heavy atom. The van der Waals surface area contributed by atoms with Gasteiger partial charge in [-0.1, -0.05) is 13.0 Å². The first-order valence-corrected chi connectivity index (χ1v) is 5.80. The number of carbonyl (C=O) groups is 2. The summed E-state index contributed by atoms with van der Waals surface area (Å²) in [6.07, 6.45) is 0.812. The zero-order valence-corrected chi connectivity index (χ0v) is 10.3. The molecule has 0 bridgehead atoms. The van der Waals surface area contributed by atoms with Crippen molar-refractivity contribution in [1.82, 2.24) is 4.90 Å². The lowest BCUT2D eigenvalue weighted by atomic mass is 10.1. The number of benzene rings is 1. The van der Waals surface area contributed by atoms with E-state index in [-0.39, 0.29) is 12.5 Å². The highest BCUT2D eigenvalue weighted by molar-refractivity contribution is 5.99. The zero-order chi connectivity index (χ0) is 13.3. The van der Waals surface area contributed by atoms with E-state index in [4.69, 9.17) is 9.84 Å². The number of likely N-dealkylation sites (N-methyl/N-ethyl adjacent to an activating group) is 1. The first kappa shape index (κ1) is 12.4. The fourth-order valence-electron chi connectivity index (χ4n) is 1.94. The summed E-state index contributed by atoms with van der Waals surface area (Å²) in [6, 6.07) is 4.42. The lowest BCUT2D eigenvalue weighted by Gasteiger charge is -2.20. The number of carboxylic acid groups (broad SMARTS) is 1. The molecule has 0 aromatic heterocycles. The fourth-order valence-corrected chi connectivity index (χ4v) is 1.94.